The molecule has 0 atom stereocenters. The van der Waals surface area contributed by atoms with Crippen molar-refractivity contribution < 1.29 is 9.18 Å². The molecule has 0 fully saturated rings. The zero-order valence-electron chi connectivity index (χ0n) is 9.25. The topological polar surface area (TPSA) is 67.2 Å². The minimum atomic E-state index is -0.503. The third kappa shape index (κ3) is 2.94. The van der Waals surface area contributed by atoms with Crippen LogP contribution in [-0.4, -0.2) is 22.1 Å². The van der Waals surface area contributed by atoms with Crippen molar-refractivity contribution in [2.75, 3.05) is 0 Å². The van der Waals surface area contributed by atoms with Gasteiger partial charge in [0.2, 0.25) is 0 Å². The van der Waals surface area contributed by atoms with Gasteiger partial charge in [-0.05, 0) is 24.3 Å². The van der Waals surface area contributed by atoms with Crippen LogP contribution in [0.3, 0.4) is 0 Å². The maximum atomic E-state index is 13.2. The van der Waals surface area contributed by atoms with Crippen LogP contribution in [0.25, 0.3) is 0 Å². The van der Waals surface area contributed by atoms with Crippen LogP contribution in [0.2, 0.25) is 0 Å². The standard InChI is InChI=1S/C12H9FN4O/c13-10-4-2-6-15-11(10)8-16-17-12(18)9-3-1-5-14-7-9/h1-8H,(H,17,18)/b16-8+. The van der Waals surface area contributed by atoms with E-state index in [1.807, 2.05) is 0 Å². The normalized spacial score (nSPS) is 10.5. The van der Waals surface area contributed by atoms with E-state index in [4.69, 9.17) is 0 Å². The van der Waals surface area contributed by atoms with Crippen molar-refractivity contribution in [1.29, 1.82) is 0 Å². The number of hydrogen-bond donors (Lipinski definition) is 1. The fourth-order valence-corrected chi connectivity index (χ4v) is 1.21. The van der Waals surface area contributed by atoms with Gasteiger partial charge in [-0.25, -0.2) is 9.82 Å². The molecule has 2 heterocycles. The van der Waals surface area contributed by atoms with E-state index in [0.717, 1.165) is 6.21 Å². The van der Waals surface area contributed by atoms with Crippen molar-refractivity contribution in [3.8, 4) is 0 Å². The quantitative estimate of drug-likeness (QED) is 0.655. The lowest BCUT2D eigenvalue weighted by atomic mass is 10.3. The van der Waals surface area contributed by atoms with Gasteiger partial charge in [0.1, 0.15) is 5.69 Å². The highest BCUT2D eigenvalue weighted by atomic mass is 19.1. The number of hydrogen-bond acceptors (Lipinski definition) is 4. The molecule has 0 saturated heterocycles. The van der Waals surface area contributed by atoms with E-state index in [0.29, 0.717) is 5.56 Å². The highest BCUT2D eigenvalue weighted by Crippen LogP contribution is 1.99. The lowest BCUT2D eigenvalue weighted by molar-refractivity contribution is 0.0954. The number of hydrazone groups is 1. The van der Waals surface area contributed by atoms with Crippen molar-refractivity contribution in [3.63, 3.8) is 0 Å². The van der Waals surface area contributed by atoms with Gasteiger partial charge < -0.3 is 0 Å². The number of carbonyl (C=O) groups excluding carboxylic acids is 1. The molecule has 0 aliphatic carbocycles. The first kappa shape index (κ1) is 11.8. The maximum Gasteiger partial charge on any atom is 0.272 e. The van der Waals surface area contributed by atoms with E-state index in [-0.39, 0.29) is 5.69 Å². The molecule has 0 saturated carbocycles. The minimum Gasteiger partial charge on any atom is -0.267 e. The van der Waals surface area contributed by atoms with Gasteiger partial charge in [0.25, 0.3) is 5.91 Å². The lowest BCUT2D eigenvalue weighted by Gasteiger charge is -1.98. The predicted octanol–water partition coefficient (Wildman–Crippen LogP) is 1.38. The monoisotopic (exact) mass is 244 g/mol. The third-order valence-corrected chi connectivity index (χ3v) is 2.06. The zero-order valence-corrected chi connectivity index (χ0v) is 9.25. The van der Waals surface area contributed by atoms with E-state index in [1.54, 1.807) is 18.3 Å². The zero-order chi connectivity index (χ0) is 12.8. The molecule has 5 nitrogen and oxygen atoms in total. The van der Waals surface area contributed by atoms with Gasteiger partial charge in [0, 0.05) is 18.6 Å². The summed E-state index contributed by atoms with van der Waals surface area (Å²) >= 11 is 0. The van der Waals surface area contributed by atoms with Crippen LogP contribution >= 0.6 is 0 Å². The van der Waals surface area contributed by atoms with Crippen molar-refractivity contribution >= 4 is 12.1 Å². The molecule has 0 aliphatic rings. The molecule has 6 heteroatoms. The number of amides is 1. The molecule has 2 rings (SSSR count). The highest BCUT2D eigenvalue weighted by molar-refractivity contribution is 5.94. The molecule has 90 valence electrons. The van der Waals surface area contributed by atoms with Crippen LogP contribution in [0.15, 0.2) is 48.0 Å². The summed E-state index contributed by atoms with van der Waals surface area (Å²) < 4.78 is 13.2. The van der Waals surface area contributed by atoms with Crippen LogP contribution in [0.4, 0.5) is 4.39 Å². The Balaban J connectivity index is 2.00. The summed E-state index contributed by atoms with van der Waals surface area (Å²) in [5, 5.41) is 3.62. The van der Waals surface area contributed by atoms with Crippen LogP contribution in [0, 0.1) is 5.82 Å². The number of carbonyl (C=O) groups is 1. The number of pyridine rings is 2. The Morgan fingerprint density at radius 1 is 1.33 bits per heavy atom. The first-order valence-corrected chi connectivity index (χ1v) is 5.11. The van der Waals surface area contributed by atoms with E-state index in [1.165, 1.54) is 24.5 Å². The maximum absolute atomic E-state index is 13.2. The Labute approximate surface area is 102 Å². The smallest absolute Gasteiger partial charge is 0.267 e. The molecule has 2 aromatic rings. The fraction of sp³-hybridized carbons (Fsp3) is 0. The van der Waals surface area contributed by atoms with Crippen LogP contribution in [0.1, 0.15) is 16.1 Å². The molecular weight excluding hydrogens is 235 g/mol. The van der Waals surface area contributed by atoms with Gasteiger partial charge in [0.05, 0.1) is 11.8 Å². The Morgan fingerprint density at radius 3 is 2.89 bits per heavy atom. The van der Waals surface area contributed by atoms with E-state index in [9.17, 15) is 9.18 Å². The van der Waals surface area contributed by atoms with Gasteiger partial charge in [-0.1, -0.05) is 0 Å². The third-order valence-electron chi connectivity index (χ3n) is 2.06. The average molecular weight is 244 g/mol. The first-order chi connectivity index (χ1) is 8.77. The molecule has 0 spiro atoms. The van der Waals surface area contributed by atoms with Crippen molar-refractivity contribution in [3.05, 3.63) is 59.9 Å². The molecule has 18 heavy (non-hydrogen) atoms. The molecule has 0 unspecified atom stereocenters. The van der Waals surface area contributed by atoms with Crippen LogP contribution in [0.5, 0.6) is 0 Å². The summed E-state index contributed by atoms with van der Waals surface area (Å²) in [6.45, 7) is 0. The van der Waals surface area contributed by atoms with Crippen molar-refractivity contribution in [2.24, 2.45) is 5.10 Å². The SMILES string of the molecule is O=C(N/N=C/c1ncccc1F)c1cccnc1. The first-order valence-electron chi connectivity index (χ1n) is 5.11. The Hall–Kier alpha value is -2.63. The number of rotatable bonds is 3. The van der Waals surface area contributed by atoms with Gasteiger partial charge in [-0.2, -0.15) is 5.10 Å². The summed E-state index contributed by atoms with van der Waals surface area (Å²) in [7, 11) is 0. The molecular formula is C12H9FN4O. The average Bonchev–Trinajstić information content (AvgIpc) is 2.42. The van der Waals surface area contributed by atoms with E-state index in [2.05, 4.69) is 20.5 Å². The van der Waals surface area contributed by atoms with Crippen molar-refractivity contribution in [1.82, 2.24) is 15.4 Å². The van der Waals surface area contributed by atoms with Gasteiger partial charge in [-0.3, -0.25) is 14.8 Å². The molecule has 1 amide bonds. The molecule has 0 aromatic carbocycles. The molecule has 0 bridgehead atoms. The number of aromatic nitrogens is 2. The largest absolute Gasteiger partial charge is 0.272 e. The van der Waals surface area contributed by atoms with E-state index >= 15 is 0 Å². The van der Waals surface area contributed by atoms with Crippen LogP contribution < -0.4 is 5.43 Å². The second kappa shape index (κ2) is 5.62. The highest BCUT2D eigenvalue weighted by Gasteiger charge is 2.03. The molecule has 0 radical (unpaired) electrons. The summed E-state index contributed by atoms with van der Waals surface area (Å²) in [6.07, 6.45) is 5.55. The van der Waals surface area contributed by atoms with Crippen LogP contribution in [-0.2, 0) is 0 Å². The molecule has 1 N–H and O–H groups in total. The second-order valence-corrected chi connectivity index (χ2v) is 3.31. The van der Waals surface area contributed by atoms with Gasteiger partial charge in [-0.15, -0.1) is 0 Å². The van der Waals surface area contributed by atoms with Crippen molar-refractivity contribution in [2.45, 2.75) is 0 Å². The Bertz CT molecular complexity index is 571. The fourth-order valence-electron chi connectivity index (χ4n) is 1.21. The molecule has 2 aromatic heterocycles. The van der Waals surface area contributed by atoms with Gasteiger partial charge >= 0.3 is 0 Å². The number of nitrogens with zero attached hydrogens (tertiary/aromatic N) is 3. The summed E-state index contributed by atoms with van der Waals surface area (Å²) in [4.78, 5) is 19.1. The summed E-state index contributed by atoms with van der Waals surface area (Å²) in [5.74, 6) is -0.924. The molecule has 0 aliphatic heterocycles. The summed E-state index contributed by atoms with van der Waals surface area (Å²) in [6, 6.07) is 5.97. The van der Waals surface area contributed by atoms with Gasteiger partial charge in [0.15, 0.2) is 5.82 Å². The second-order valence-electron chi connectivity index (χ2n) is 3.31. The Kier molecular flexibility index (Phi) is 3.70. The Morgan fingerprint density at radius 2 is 2.17 bits per heavy atom. The number of halogens is 1. The van der Waals surface area contributed by atoms with E-state index < -0.39 is 11.7 Å². The minimum absolute atomic E-state index is 0.0592. The summed E-state index contributed by atoms with van der Waals surface area (Å²) in [5.41, 5.74) is 2.69. The lowest BCUT2D eigenvalue weighted by Crippen LogP contribution is -2.17. The predicted molar refractivity (Wildman–Crippen MR) is 63.5 cm³/mol. The number of nitrogens with one attached hydrogen (secondary N) is 1.